The molecule has 0 bridgehead atoms. The van der Waals surface area contributed by atoms with Crippen LogP contribution < -0.4 is 0 Å². The van der Waals surface area contributed by atoms with Crippen LogP contribution in [0.2, 0.25) is 0 Å². The molecule has 0 aromatic carbocycles. The first-order valence-corrected chi connectivity index (χ1v) is 9.30. The van der Waals surface area contributed by atoms with Crippen LogP contribution in [0.15, 0.2) is 70.9 Å². The lowest BCUT2D eigenvalue weighted by molar-refractivity contribution is -0.141. The first kappa shape index (κ1) is 19.5. The number of pyridine rings is 1. The average molecular weight is 405 g/mol. The first-order chi connectivity index (χ1) is 14.7. The van der Waals surface area contributed by atoms with Crippen LogP contribution >= 0.6 is 0 Å². The maximum Gasteiger partial charge on any atom is 0.345 e. The van der Waals surface area contributed by atoms with Gasteiger partial charge in [-0.15, -0.1) is 0 Å². The van der Waals surface area contributed by atoms with E-state index in [-0.39, 0.29) is 31.2 Å². The van der Waals surface area contributed by atoms with Crippen molar-refractivity contribution in [3.8, 4) is 0 Å². The van der Waals surface area contributed by atoms with Gasteiger partial charge in [-0.25, -0.2) is 9.78 Å². The SMILES string of the molecule is COCCOC(=O)C1=C(C2=NC=CC(=Cc3c[nH]c4ncccc34)C=C2)OCC1=O. The Balaban J connectivity index is 1.59. The van der Waals surface area contributed by atoms with Crippen LogP contribution in [0.4, 0.5) is 0 Å². The highest BCUT2D eigenvalue weighted by atomic mass is 16.6. The molecule has 0 unspecified atom stereocenters. The van der Waals surface area contributed by atoms with Gasteiger partial charge in [-0.1, -0.05) is 6.08 Å². The lowest BCUT2D eigenvalue weighted by Crippen LogP contribution is -2.18. The van der Waals surface area contributed by atoms with Crippen molar-refractivity contribution in [3.63, 3.8) is 0 Å². The number of aromatic nitrogens is 2. The van der Waals surface area contributed by atoms with E-state index in [4.69, 9.17) is 14.2 Å². The summed E-state index contributed by atoms with van der Waals surface area (Å²) in [5, 5.41) is 1.01. The Hall–Kier alpha value is -3.78. The number of methoxy groups -OCH3 is 1. The quantitative estimate of drug-likeness (QED) is 0.450. The van der Waals surface area contributed by atoms with Gasteiger partial charge in [-0.2, -0.15) is 0 Å². The number of aliphatic imine (C=N–C) groups is 1. The van der Waals surface area contributed by atoms with Gasteiger partial charge in [0, 0.05) is 36.7 Å². The third kappa shape index (κ3) is 3.99. The highest BCUT2D eigenvalue weighted by molar-refractivity contribution is 6.26. The average Bonchev–Trinajstić information content (AvgIpc) is 3.25. The van der Waals surface area contributed by atoms with Gasteiger partial charge in [-0.05, 0) is 35.9 Å². The molecule has 30 heavy (non-hydrogen) atoms. The minimum absolute atomic E-state index is 0.0496. The van der Waals surface area contributed by atoms with Gasteiger partial charge < -0.3 is 19.2 Å². The Morgan fingerprint density at radius 1 is 1.30 bits per heavy atom. The van der Waals surface area contributed by atoms with Crippen molar-refractivity contribution >= 4 is 34.6 Å². The summed E-state index contributed by atoms with van der Waals surface area (Å²) in [6, 6.07) is 3.87. The van der Waals surface area contributed by atoms with Gasteiger partial charge in [0.15, 0.2) is 17.9 Å². The summed E-state index contributed by atoms with van der Waals surface area (Å²) < 4.78 is 15.4. The van der Waals surface area contributed by atoms with E-state index in [0.29, 0.717) is 5.71 Å². The Morgan fingerprint density at radius 2 is 2.20 bits per heavy atom. The summed E-state index contributed by atoms with van der Waals surface area (Å²) in [7, 11) is 1.50. The van der Waals surface area contributed by atoms with Crippen LogP contribution in [0.3, 0.4) is 0 Å². The number of nitrogens with one attached hydrogen (secondary N) is 1. The van der Waals surface area contributed by atoms with Crippen LogP contribution in [0.1, 0.15) is 5.56 Å². The number of allylic oxidation sites excluding steroid dienone is 4. The maximum atomic E-state index is 12.3. The van der Waals surface area contributed by atoms with Gasteiger partial charge >= 0.3 is 5.97 Å². The number of hydrogen-bond donors (Lipinski definition) is 1. The number of H-pyrrole nitrogens is 1. The monoisotopic (exact) mass is 405 g/mol. The molecule has 0 radical (unpaired) electrons. The van der Waals surface area contributed by atoms with E-state index >= 15 is 0 Å². The minimum atomic E-state index is -0.740. The molecule has 2 aromatic rings. The molecule has 8 nitrogen and oxygen atoms in total. The zero-order chi connectivity index (χ0) is 20.9. The Kier molecular flexibility index (Phi) is 5.67. The number of nitrogens with zero attached hydrogens (tertiary/aromatic N) is 2. The van der Waals surface area contributed by atoms with E-state index in [1.165, 1.54) is 7.11 Å². The topological polar surface area (TPSA) is 103 Å². The van der Waals surface area contributed by atoms with E-state index < -0.39 is 11.8 Å². The molecule has 4 heterocycles. The van der Waals surface area contributed by atoms with Crippen LogP contribution in [-0.4, -0.2) is 54.4 Å². The van der Waals surface area contributed by atoms with E-state index in [2.05, 4.69) is 15.0 Å². The third-order valence-corrected chi connectivity index (χ3v) is 4.53. The van der Waals surface area contributed by atoms with Gasteiger partial charge in [0.2, 0.25) is 5.78 Å². The van der Waals surface area contributed by atoms with E-state index in [1.807, 2.05) is 36.6 Å². The van der Waals surface area contributed by atoms with Gasteiger partial charge in [-0.3, -0.25) is 9.79 Å². The fraction of sp³-hybridized carbons (Fsp3) is 0.182. The Morgan fingerprint density at radius 3 is 3.07 bits per heavy atom. The van der Waals surface area contributed by atoms with Crippen molar-refractivity contribution in [2.24, 2.45) is 4.99 Å². The summed E-state index contributed by atoms with van der Waals surface area (Å²) in [6.07, 6.45) is 12.6. The highest BCUT2D eigenvalue weighted by Crippen LogP contribution is 2.23. The van der Waals surface area contributed by atoms with Gasteiger partial charge in [0.1, 0.15) is 18.0 Å². The first-order valence-electron chi connectivity index (χ1n) is 9.30. The Bertz CT molecular complexity index is 1150. The fourth-order valence-electron chi connectivity index (χ4n) is 3.09. The number of esters is 1. The van der Waals surface area contributed by atoms with Crippen LogP contribution in [-0.2, 0) is 23.8 Å². The second-order valence-corrected chi connectivity index (χ2v) is 6.50. The number of fused-ring (bicyclic) bond motifs is 1. The molecule has 0 amide bonds. The number of Topliss-reactive ketones (excluding diaryl/α,β-unsaturated/α-hetero) is 1. The van der Waals surface area contributed by atoms with Crippen molar-refractivity contribution < 1.29 is 23.8 Å². The molecule has 0 saturated carbocycles. The molecule has 8 heteroatoms. The molecule has 0 spiro atoms. The predicted molar refractivity (Wildman–Crippen MR) is 111 cm³/mol. The van der Waals surface area contributed by atoms with Crippen molar-refractivity contribution in [3.05, 3.63) is 71.4 Å². The van der Waals surface area contributed by atoms with Crippen molar-refractivity contribution in [1.82, 2.24) is 9.97 Å². The zero-order valence-electron chi connectivity index (χ0n) is 16.3. The molecule has 2 aromatic heterocycles. The van der Waals surface area contributed by atoms with E-state index in [1.54, 1.807) is 18.5 Å². The second kappa shape index (κ2) is 8.71. The van der Waals surface area contributed by atoms with E-state index in [9.17, 15) is 9.59 Å². The standard InChI is InChI=1S/C22H19N3O5/c1-28-9-10-29-22(27)19-18(26)13-30-20(19)17-5-4-14(6-8-23-17)11-15-12-25-21-16(15)3-2-7-24-21/h2-8,11-12H,9-10,13H2,1H3,(H,24,25). The number of rotatable bonds is 6. The second-order valence-electron chi connectivity index (χ2n) is 6.50. The van der Waals surface area contributed by atoms with Gasteiger partial charge in [0.25, 0.3) is 0 Å². The summed E-state index contributed by atoms with van der Waals surface area (Å²) >= 11 is 0. The Labute approximate surface area is 172 Å². The maximum absolute atomic E-state index is 12.3. The van der Waals surface area contributed by atoms with Gasteiger partial charge in [0.05, 0.1) is 6.61 Å². The number of aromatic amines is 1. The molecule has 0 atom stereocenters. The lowest BCUT2D eigenvalue weighted by atomic mass is 10.1. The highest BCUT2D eigenvalue weighted by Gasteiger charge is 2.34. The minimum Gasteiger partial charge on any atom is -0.482 e. The number of carbonyl (C=O) groups excluding carboxylic acids is 2. The van der Waals surface area contributed by atoms with Crippen LogP contribution in [0.5, 0.6) is 0 Å². The molecule has 4 rings (SSSR count). The molecule has 2 aliphatic heterocycles. The molecular formula is C22H19N3O5. The molecular weight excluding hydrogens is 386 g/mol. The summed E-state index contributed by atoms with van der Waals surface area (Å²) in [4.78, 5) is 36.2. The predicted octanol–water partition coefficient (Wildman–Crippen LogP) is 2.51. The number of ether oxygens (including phenoxy) is 3. The molecule has 2 aliphatic rings. The molecule has 0 saturated heterocycles. The lowest BCUT2D eigenvalue weighted by Gasteiger charge is -2.06. The largest absolute Gasteiger partial charge is 0.482 e. The smallest absolute Gasteiger partial charge is 0.345 e. The fourth-order valence-corrected chi connectivity index (χ4v) is 3.09. The molecule has 0 fully saturated rings. The van der Waals surface area contributed by atoms with Crippen molar-refractivity contribution in [2.75, 3.05) is 26.9 Å². The molecule has 1 N–H and O–H groups in total. The third-order valence-electron chi connectivity index (χ3n) is 4.53. The van der Waals surface area contributed by atoms with Crippen molar-refractivity contribution in [2.45, 2.75) is 0 Å². The van der Waals surface area contributed by atoms with E-state index in [0.717, 1.165) is 22.2 Å². The van der Waals surface area contributed by atoms with Crippen LogP contribution in [0, 0.1) is 0 Å². The normalized spacial score (nSPS) is 17.4. The number of hydrogen-bond acceptors (Lipinski definition) is 7. The van der Waals surface area contributed by atoms with Crippen LogP contribution in [0.25, 0.3) is 17.1 Å². The zero-order valence-corrected chi connectivity index (χ0v) is 16.3. The molecule has 0 aliphatic carbocycles. The molecule has 152 valence electrons. The summed E-state index contributed by atoms with van der Waals surface area (Å²) in [5.74, 6) is -1.05. The number of ketones is 1. The summed E-state index contributed by atoms with van der Waals surface area (Å²) in [5.41, 5.74) is 2.92. The van der Waals surface area contributed by atoms with Crippen molar-refractivity contribution in [1.29, 1.82) is 0 Å². The summed E-state index contributed by atoms with van der Waals surface area (Å²) in [6.45, 7) is 0.0735. The number of carbonyl (C=O) groups is 2.